The van der Waals surface area contributed by atoms with Crippen molar-refractivity contribution in [2.45, 2.75) is 57.5 Å². The number of imidazole rings is 1. The zero-order valence-electron chi connectivity index (χ0n) is 22.5. The van der Waals surface area contributed by atoms with Crippen LogP contribution in [0.5, 0.6) is 5.75 Å². The number of nitrogens with zero attached hydrogens (tertiary/aromatic N) is 4. The van der Waals surface area contributed by atoms with Crippen LogP contribution in [0.15, 0.2) is 27.9 Å². The normalized spacial score (nSPS) is 16.3. The zero-order valence-corrected chi connectivity index (χ0v) is 23.3. The smallest absolute Gasteiger partial charge is 0.277 e. The molecule has 1 saturated heterocycles. The summed E-state index contributed by atoms with van der Waals surface area (Å²) in [5.41, 5.74) is 0.870. The summed E-state index contributed by atoms with van der Waals surface area (Å²) in [4.78, 5) is 20.3. The SMILES string of the molecule is CCCc1nc(C)c2c(=O)[nH]c(-c3cc(S(=O)(=O)N4CCC(C(O)C(CO)CO)CC4)ccc3OCC)nn12. The molecule has 1 atom stereocenters. The Morgan fingerprint density at radius 3 is 2.49 bits per heavy atom. The molecule has 1 aliphatic rings. The maximum atomic E-state index is 13.6. The van der Waals surface area contributed by atoms with Crippen molar-refractivity contribution in [1.82, 2.24) is 23.9 Å². The Labute approximate surface area is 227 Å². The molecule has 1 aromatic carbocycles. The number of H-pyrrole nitrogens is 1. The van der Waals surface area contributed by atoms with Gasteiger partial charge in [-0.15, -0.1) is 5.10 Å². The van der Waals surface area contributed by atoms with Crippen LogP contribution < -0.4 is 10.3 Å². The van der Waals surface area contributed by atoms with Gasteiger partial charge in [0.15, 0.2) is 11.3 Å². The van der Waals surface area contributed by atoms with Crippen molar-refractivity contribution >= 4 is 15.5 Å². The van der Waals surface area contributed by atoms with Crippen LogP contribution >= 0.6 is 0 Å². The van der Waals surface area contributed by atoms with Crippen molar-refractivity contribution in [2.24, 2.45) is 11.8 Å². The minimum Gasteiger partial charge on any atom is -0.493 e. The molecule has 0 spiro atoms. The number of nitrogens with one attached hydrogen (secondary N) is 1. The molecule has 0 bridgehead atoms. The highest BCUT2D eigenvalue weighted by atomic mass is 32.2. The van der Waals surface area contributed by atoms with Crippen molar-refractivity contribution in [3.8, 4) is 17.1 Å². The van der Waals surface area contributed by atoms with Crippen molar-refractivity contribution in [3.63, 3.8) is 0 Å². The number of aliphatic hydroxyl groups is 3. The number of hydrogen-bond donors (Lipinski definition) is 4. The Morgan fingerprint density at radius 2 is 1.87 bits per heavy atom. The fraction of sp³-hybridized carbons (Fsp3) is 0.577. The van der Waals surface area contributed by atoms with Crippen molar-refractivity contribution in [1.29, 1.82) is 0 Å². The number of fused-ring (bicyclic) bond motifs is 1. The van der Waals surface area contributed by atoms with E-state index in [1.54, 1.807) is 13.0 Å². The Hall–Kier alpha value is -2.84. The van der Waals surface area contributed by atoms with Gasteiger partial charge in [0, 0.05) is 25.4 Å². The summed E-state index contributed by atoms with van der Waals surface area (Å²) in [5.74, 6) is 0.315. The summed E-state index contributed by atoms with van der Waals surface area (Å²) in [6.45, 7) is 5.58. The summed E-state index contributed by atoms with van der Waals surface area (Å²) >= 11 is 0. The van der Waals surface area contributed by atoms with E-state index in [1.165, 1.54) is 21.0 Å². The molecule has 12 nitrogen and oxygen atoms in total. The molecule has 4 rings (SSSR count). The Balaban J connectivity index is 1.69. The van der Waals surface area contributed by atoms with Gasteiger partial charge in [0.2, 0.25) is 10.0 Å². The number of rotatable bonds is 11. The maximum absolute atomic E-state index is 13.6. The molecule has 1 unspecified atom stereocenters. The largest absolute Gasteiger partial charge is 0.493 e. The summed E-state index contributed by atoms with van der Waals surface area (Å²) in [6, 6.07) is 4.49. The van der Waals surface area contributed by atoms with Gasteiger partial charge in [-0.1, -0.05) is 6.92 Å². The number of ether oxygens (including phenoxy) is 1. The number of aromatic amines is 1. The highest BCUT2D eigenvalue weighted by Crippen LogP contribution is 2.33. The Bertz CT molecular complexity index is 1460. The van der Waals surface area contributed by atoms with E-state index in [2.05, 4.69) is 15.1 Å². The van der Waals surface area contributed by atoms with Crippen molar-refractivity contribution in [2.75, 3.05) is 32.9 Å². The molecular formula is C26H37N5O7S. The van der Waals surface area contributed by atoms with E-state index >= 15 is 0 Å². The molecule has 1 fully saturated rings. The van der Waals surface area contributed by atoms with Gasteiger partial charge in [-0.3, -0.25) is 4.79 Å². The maximum Gasteiger partial charge on any atom is 0.277 e. The van der Waals surface area contributed by atoms with E-state index < -0.39 is 22.0 Å². The topological polar surface area (TPSA) is 170 Å². The Kier molecular flexibility index (Phi) is 9.07. The van der Waals surface area contributed by atoms with Crippen LogP contribution in [0.25, 0.3) is 16.9 Å². The average Bonchev–Trinajstić information content (AvgIpc) is 3.25. The second-order valence-electron chi connectivity index (χ2n) is 9.87. The minimum absolute atomic E-state index is 0.0295. The number of hydrogen-bond acceptors (Lipinski definition) is 9. The van der Waals surface area contributed by atoms with Gasteiger partial charge < -0.3 is 25.0 Å². The van der Waals surface area contributed by atoms with Crippen LogP contribution in [0.3, 0.4) is 0 Å². The first-order valence-electron chi connectivity index (χ1n) is 13.3. The van der Waals surface area contributed by atoms with E-state index in [-0.39, 0.29) is 48.5 Å². The second kappa shape index (κ2) is 12.1. The van der Waals surface area contributed by atoms with Gasteiger partial charge in [0.25, 0.3) is 5.56 Å². The lowest BCUT2D eigenvalue weighted by Crippen LogP contribution is -2.44. The van der Waals surface area contributed by atoms with E-state index in [0.717, 1.165) is 6.42 Å². The predicted octanol–water partition coefficient (Wildman–Crippen LogP) is 1.11. The number of aryl methyl sites for hydroxylation is 2. The number of piperidine rings is 1. The van der Waals surface area contributed by atoms with Crippen LogP contribution in [0.2, 0.25) is 0 Å². The summed E-state index contributed by atoms with van der Waals surface area (Å²) in [7, 11) is -3.91. The number of aliphatic hydroxyl groups excluding tert-OH is 3. The fourth-order valence-corrected chi connectivity index (χ4v) is 6.64. The molecule has 0 aliphatic carbocycles. The fourth-order valence-electron chi connectivity index (χ4n) is 5.14. The highest BCUT2D eigenvalue weighted by molar-refractivity contribution is 7.89. The molecule has 214 valence electrons. The molecule has 4 N–H and O–H groups in total. The third-order valence-electron chi connectivity index (χ3n) is 7.29. The molecule has 3 heterocycles. The van der Waals surface area contributed by atoms with Crippen LogP contribution in [0.4, 0.5) is 0 Å². The molecule has 1 aliphatic heterocycles. The third kappa shape index (κ3) is 5.73. The molecule has 0 saturated carbocycles. The second-order valence-corrected chi connectivity index (χ2v) is 11.8. The van der Waals surface area contributed by atoms with Gasteiger partial charge in [0.1, 0.15) is 11.6 Å². The van der Waals surface area contributed by atoms with Gasteiger partial charge >= 0.3 is 0 Å². The lowest BCUT2D eigenvalue weighted by molar-refractivity contribution is -0.0167. The average molecular weight is 564 g/mol. The van der Waals surface area contributed by atoms with Gasteiger partial charge in [0.05, 0.1) is 42.1 Å². The predicted molar refractivity (Wildman–Crippen MR) is 144 cm³/mol. The minimum atomic E-state index is -3.91. The van der Waals surface area contributed by atoms with Crippen molar-refractivity contribution < 1.29 is 28.5 Å². The van der Waals surface area contributed by atoms with Gasteiger partial charge in [-0.2, -0.15) is 4.31 Å². The van der Waals surface area contributed by atoms with Crippen molar-refractivity contribution in [3.05, 3.63) is 40.1 Å². The van der Waals surface area contributed by atoms with Crippen LogP contribution in [0, 0.1) is 18.8 Å². The summed E-state index contributed by atoms with van der Waals surface area (Å²) < 4.78 is 35.9. The summed E-state index contributed by atoms with van der Waals surface area (Å²) in [5, 5.41) is 33.9. The molecular weight excluding hydrogens is 526 g/mol. The number of benzene rings is 1. The molecule has 0 radical (unpaired) electrons. The van der Waals surface area contributed by atoms with E-state index in [4.69, 9.17) is 4.74 Å². The first-order chi connectivity index (χ1) is 18.7. The molecule has 39 heavy (non-hydrogen) atoms. The molecule has 0 amide bonds. The summed E-state index contributed by atoms with van der Waals surface area (Å²) in [6.07, 6.45) is 1.32. The van der Waals surface area contributed by atoms with Crippen LogP contribution in [-0.2, 0) is 16.4 Å². The monoisotopic (exact) mass is 563 g/mol. The van der Waals surface area contributed by atoms with Gasteiger partial charge in [-0.25, -0.2) is 17.9 Å². The van der Waals surface area contributed by atoms with Crippen LogP contribution in [-0.4, -0.2) is 86.6 Å². The number of aromatic nitrogens is 4. The molecule has 13 heteroatoms. The molecule has 3 aromatic rings. The standard InChI is InChI=1S/C26H37N5O7S/c1-4-6-22-27-16(3)23-26(35)28-25(29-31(22)23)20-13-19(7-8-21(20)38-5-2)39(36,37)30-11-9-17(10-12-30)24(34)18(14-32)15-33/h7-8,13,17-18,24,32-34H,4-6,9-12,14-15H2,1-3H3,(H,28,29,35). The lowest BCUT2D eigenvalue weighted by atomic mass is 9.85. The van der Waals surface area contributed by atoms with E-state index in [1.807, 2.05) is 13.8 Å². The first kappa shape index (κ1) is 29.2. The van der Waals surface area contributed by atoms with E-state index in [0.29, 0.717) is 54.2 Å². The quantitative estimate of drug-likeness (QED) is 0.267. The Morgan fingerprint density at radius 1 is 1.18 bits per heavy atom. The lowest BCUT2D eigenvalue weighted by Gasteiger charge is -2.35. The highest BCUT2D eigenvalue weighted by Gasteiger charge is 2.35. The number of sulfonamides is 1. The van der Waals surface area contributed by atoms with E-state index in [9.17, 15) is 28.5 Å². The molecule has 2 aromatic heterocycles. The third-order valence-corrected chi connectivity index (χ3v) is 9.19. The first-order valence-corrected chi connectivity index (χ1v) is 14.8. The van der Waals surface area contributed by atoms with Crippen LogP contribution in [0.1, 0.15) is 44.6 Å². The van der Waals surface area contributed by atoms with Gasteiger partial charge in [-0.05, 0) is 57.2 Å². The zero-order chi connectivity index (χ0) is 28.3.